The zero-order chi connectivity index (χ0) is 21.5. The van der Waals surface area contributed by atoms with Crippen LogP contribution in [0.4, 0.5) is 18.9 Å². The van der Waals surface area contributed by atoms with E-state index in [9.17, 15) is 18.0 Å². The minimum atomic E-state index is -4.47. The Balaban J connectivity index is 1.62. The van der Waals surface area contributed by atoms with Crippen LogP contribution in [0, 0.1) is 0 Å². The predicted molar refractivity (Wildman–Crippen MR) is 113 cm³/mol. The molecule has 2 atom stereocenters. The smallest absolute Gasteiger partial charge is 0.341 e. The van der Waals surface area contributed by atoms with Crippen LogP contribution in [0.25, 0.3) is 10.9 Å². The van der Waals surface area contributed by atoms with E-state index in [1.807, 2.05) is 42.7 Å². The molecule has 0 saturated carbocycles. The van der Waals surface area contributed by atoms with Gasteiger partial charge in [-0.15, -0.1) is 0 Å². The highest BCUT2D eigenvalue weighted by Crippen LogP contribution is 2.36. The van der Waals surface area contributed by atoms with Gasteiger partial charge in [0.25, 0.3) is 0 Å². The molecule has 9 heteroatoms. The molecule has 3 aromatic rings. The number of nitrogens with one attached hydrogen (secondary N) is 1. The SMILES string of the molecule is CC1N=CSC1(C)C(=O)Nc1cn(Cc2ccc(C(F)(F)F)nc2)c2ccccc12. The molecule has 4 rings (SSSR count). The van der Waals surface area contributed by atoms with Crippen molar-refractivity contribution in [2.45, 2.75) is 37.4 Å². The summed E-state index contributed by atoms with van der Waals surface area (Å²) in [6.45, 7) is 4.09. The Bertz CT molecular complexity index is 1120. The molecule has 30 heavy (non-hydrogen) atoms. The quantitative estimate of drug-likeness (QED) is 0.634. The molecule has 5 nitrogen and oxygen atoms in total. The van der Waals surface area contributed by atoms with Gasteiger partial charge in [-0.1, -0.05) is 36.0 Å². The molecule has 0 bridgehead atoms. The highest BCUT2D eigenvalue weighted by atomic mass is 32.2. The molecule has 3 heterocycles. The lowest BCUT2D eigenvalue weighted by Crippen LogP contribution is -2.42. The number of anilines is 1. The van der Waals surface area contributed by atoms with Crippen LogP contribution in [0.15, 0.2) is 53.8 Å². The number of carbonyl (C=O) groups excluding carboxylic acids is 1. The number of halogens is 3. The minimum Gasteiger partial charge on any atom is -0.341 e. The Kier molecular flexibility index (Phi) is 5.09. The molecule has 2 aromatic heterocycles. The summed E-state index contributed by atoms with van der Waals surface area (Å²) in [5.41, 5.74) is 2.92. The van der Waals surface area contributed by atoms with Gasteiger partial charge in [0.05, 0.1) is 22.8 Å². The molecule has 2 unspecified atom stereocenters. The predicted octanol–water partition coefficient (Wildman–Crippen LogP) is 4.96. The normalized spacial score (nSPS) is 21.3. The van der Waals surface area contributed by atoms with Crippen molar-refractivity contribution in [2.24, 2.45) is 4.99 Å². The van der Waals surface area contributed by atoms with Gasteiger partial charge < -0.3 is 9.88 Å². The number of aliphatic imine (C=N–C) groups is 1. The molecular formula is C21H19F3N4OS. The summed E-state index contributed by atoms with van der Waals surface area (Å²) in [5, 5.41) is 3.86. The number of fused-ring (bicyclic) bond motifs is 1. The number of nitrogens with zero attached hydrogens (tertiary/aromatic N) is 3. The summed E-state index contributed by atoms with van der Waals surface area (Å²) in [6.07, 6.45) is -1.44. The van der Waals surface area contributed by atoms with Crippen molar-refractivity contribution < 1.29 is 18.0 Å². The van der Waals surface area contributed by atoms with Gasteiger partial charge in [0.1, 0.15) is 10.4 Å². The Morgan fingerprint density at radius 3 is 2.67 bits per heavy atom. The second kappa shape index (κ2) is 7.46. The summed E-state index contributed by atoms with van der Waals surface area (Å²) in [7, 11) is 0. The molecule has 0 radical (unpaired) electrons. The van der Waals surface area contributed by atoms with E-state index < -0.39 is 16.6 Å². The number of rotatable bonds is 4. The average molecular weight is 432 g/mol. The fourth-order valence-corrected chi connectivity index (χ4v) is 4.20. The molecular weight excluding hydrogens is 413 g/mol. The fraction of sp³-hybridized carbons (Fsp3) is 0.286. The van der Waals surface area contributed by atoms with Crippen LogP contribution < -0.4 is 5.32 Å². The summed E-state index contributed by atoms with van der Waals surface area (Å²) in [6, 6.07) is 9.80. The molecule has 0 spiro atoms. The first kappa shape index (κ1) is 20.5. The summed E-state index contributed by atoms with van der Waals surface area (Å²) in [5.74, 6) is -0.142. The number of carbonyl (C=O) groups is 1. The Hall–Kier alpha value is -2.81. The highest BCUT2D eigenvalue weighted by molar-refractivity contribution is 8.14. The monoisotopic (exact) mass is 432 g/mol. The standard InChI is InChI=1S/C21H19F3N4OS/c1-13-20(2,30-12-26-13)19(29)27-16-11-28(17-6-4-3-5-15(16)17)10-14-7-8-18(25-9-14)21(22,23)24/h3-9,11-13H,10H2,1-2H3,(H,27,29). The summed E-state index contributed by atoms with van der Waals surface area (Å²) in [4.78, 5) is 20.8. The number of para-hydroxylation sites is 1. The molecule has 0 fully saturated rings. The molecule has 1 N–H and O–H groups in total. The highest BCUT2D eigenvalue weighted by Gasteiger charge is 2.42. The van der Waals surface area contributed by atoms with Crippen molar-refractivity contribution in [1.82, 2.24) is 9.55 Å². The third kappa shape index (κ3) is 3.69. The number of benzene rings is 1. The van der Waals surface area contributed by atoms with Crippen molar-refractivity contribution >= 4 is 39.8 Å². The third-order valence-electron chi connectivity index (χ3n) is 5.33. The van der Waals surface area contributed by atoms with E-state index in [2.05, 4.69) is 15.3 Å². The third-order valence-corrected chi connectivity index (χ3v) is 6.58. The van der Waals surface area contributed by atoms with E-state index in [0.717, 1.165) is 17.0 Å². The number of alkyl halides is 3. The van der Waals surface area contributed by atoms with Crippen molar-refractivity contribution in [3.8, 4) is 0 Å². The van der Waals surface area contributed by atoms with Gasteiger partial charge in [-0.05, 0) is 31.5 Å². The topological polar surface area (TPSA) is 59.3 Å². The average Bonchev–Trinajstić information content (AvgIpc) is 3.23. The van der Waals surface area contributed by atoms with Crippen LogP contribution >= 0.6 is 11.8 Å². The number of aromatic nitrogens is 2. The fourth-order valence-electron chi connectivity index (χ4n) is 3.32. The number of pyridine rings is 1. The summed E-state index contributed by atoms with van der Waals surface area (Å²) >= 11 is 1.39. The molecule has 1 aliphatic rings. The van der Waals surface area contributed by atoms with Gasteiger partial charge in [-0.3, -0.25) is 14.8 Å². The molecule has 1 aromatic carbocycles. The van der Waals surface area contributed by atoms with Crippen LogP contribution in [0.1, 0.15) is 25.1 Å². The largest absolute Gasteiger partial charge is 0.433 e. The first-order valence-electron chi connectivity index (χ1n) is 9.29. The van der Waals surface area contributed by atoms with E-state index in [1.165, 1.54) is 24.0 Å². The number of amides is 1. The van der Waals surface area contributed by atoms with E-state index >= 15 is 0 Å². The maximum atomic E-state index is 13.0. The van der Waals surface area contributed by atoms with E-state index in [0.29, 0.717) is 17.8 Å². The van der Waals surface area contributed by atoms with Crippen molar-refractivity contribution in [3.05, 3.63) is 60.0 Å². The van der Waals surface area contributed by atoms with Crippen LogP contribution in [0.5, 0.6) is 0 Å². The molecule has 1 amide bonds. The Morgan fingerprint density at radius 1 is 1.27 bits per heavy atom. The van der Waals surface area contributed by atoms with Crippen LogP contribution in [-0.2, 0) is 17.5 Å². The van der Waals surface area contributed by atoms with Gasteiger partial charge in [-0.2, -0.15) is 13.2 Å². The lowest BCUT2D eigenvalue weighted by molar-refractivity contribution is -0.141. The van der Waals surface area contributed by atoms with Gasteiger partial charge in [0.15, 0.2) is 0 Å². The van der Waals surface area contributed by atoms with Gasteiger partial charge >= 0.3 is 6.18 Å². The first-order valence-corrected chi connectivity index (χ1v) is 10.2. The molecule has 156 valence electrons. The van der Waals surface area contributed by atoms with Crippen molar-refractivity contribution in [1.29, 1.82) is 0 Å². The number of hydrogen-bond donors (Lipinski definition) is 1. The van der Waals surface area contributed by atoms with Crippen LogP contribution in [0.3, 0.4) is 0 Å². The second-order valence-electron chi connectivity index (χ2n) is 7.35. The summed E-state index contributed by atoms with van der Waals surface area (Å²) < 4.78 is 39.4. The van der Waals surface area contributed by atoms with Gasteiger partial charge in [0, 0.05) is 24.3 Å². The van der Waals surface area contributed by atoms with Crippen molar-refractivity contribution in [3.63, 3.8) is 0 Å². The lowest BCUT2D eigenvalue weighted by Gasteiger charge is -2.25. The zero-order valence-electron chi connectivity index (χ0n) is 16.3. The Labute approximate surface area is 175 Å². The van der Waals surface area contributed by atoms with E-state index in [-0.39, 0.29) is 11.9 Å². The maximum Gasteiger partial charge on any atom is 0.433 e. The van der Waals surface area contributed by atoms with E-state index in [1.54, 1.807) is 11.7 Å². The Morgan fingerprint density at radius 2 is 2.03 bits per heavy atom. The van der Waals surface area contributed by atoms with Crippen LogP contribution in [-0.4, -0.2) is 31.8 Å². The minimum absolute atomic E-state index is 0.142. The van der Waals surface area contributed by atoms with Gasteiger partial charge in [0.2, 0.25) is 5.91 Å². The molecule has 0 saturated heterocycles. The zero-order valence-corrected chi connectivity index (χ0v) is 17.1. The number of hydrogen-bond acceptors (Lipinski definition) is 4. The second-order valence-corrected chi connectivity index (χ2v) is 8.64. The molecule has 0 aliphatic carbocycles. The van der Waals surface area contributed by atoms with Crippen molar-refractivity contribution in [2.75, 3.05) is 5.32 Å². The first-order chi connectivity index (χ1) is 14.2. The molecule has 1 aliphatic heterocycles. The van der Waals surface area contributed by atoms with E-state index in [4.69, 9.17) is 0 Å². The van der Waals surface area contributed by atoms with Gasteiger partial charge in [-0.25, -0.2) is 0 Å². The number of thioether (sulfide) groups is 1. The maximum absolute atomic E-state index is 13.0. The van der Waals surface area contributed by atoms with Crippen LogP contribution in [0.2, 0.25) is 0 Å². The lowest BCUT2D eigenvalue weighted by atomic mass is 10.0.